The van der Waals surface area contributed by atoms with Gasteiger partial charge in [0.25, 0.3) is 0 Å². The van der Waals surface area contributed by atoms with Gasteiger partial charge in [-0.2, -0.15) is 0 Å². The molecule has 1 aromatic carbocycles. The van der Waals surface area contributed by atoms with E-state index in [9.17, 15) is 9.18 Å². The average Bonchev–Trinajstić information content (AvgIpc) is 3.28. The number of rotatable bonds is 6. The highest BCUT2D eigenvalue weighted by Crippen LogP contribution is 2.33. The fourth-order valence-electron chi connectivity index (χ4n) is 3.42. The van der Waals surface area contributed by atoms with Crippen LogP contribution in [0.5, 0.6) is 0 Å². The van der Waals surface area contributed by atoms with Gasteiger partial charge in [-0.05, 0) is 70.6 Å². The summed E-state index contributed by atoms with van der Waals surface area (Å²) in [5.41, 5.74) is 8.44. The Balaban J connectivity index is 0.000000713. The first kappa shape index (κ1) is 24.1. The molecule has 2 atom stereocenters. The van der Waals surface area contributed by atoms with E-state index in [2.05, 4.69) is 13.5 Å². The van der Waals surface area contributed by atoms with E-state index in [1.54, 1.807) is 13.8 Å². The molecule has 1 saturated heterocycles. The maximum Gasteiger partial charge on any atom is 0.159 e. The largest absolute Gasteiger partial charge is 0.462 e. The number of Topliss-reactive ketones (excluding diaryl/α,β-unsaturated/α-hetero) is 1. The zero-order valence-electron chi connectivity index (χ0n) is 19.3. The van der Waals surface area contributed by atoms with Crippen molar-refractivity contribution >= 4 is 17.2 Å². The monoisotopic (exact) mass is 416 g/mol. The third kappa shape index (κ3) is 6.43. The van der Waals surface area contributed by atoms with E-state index in [0.29, 0.717) is 34.3 Å². The Kier molecular flexibility index (Phi) is 8.25. The Morgan fingerprint density at radius 3 is 2.30 bits per heavy atom. The highest BCUT2D eigenvalue weighted by molar-refractivity contribution is 5.99. The average molecular weight is 417 g/mol. The summed E-state index contributed by atoms with van der Waals surface area (Å²) in [6, 6.07) is 3.37. The van der Waals surface area contributed by atoms with Crippen molar-refractivity contribution in [1.82, 2.24) is 0 Å². The summed E-state index contributed by atoms with van der Waals surface area (Å²) in [6.07, 6.45) is 3.94. The van der Waals surface area contributed by atoms with Crippen molar-refractivity contribution in [2.45, 2.75) is 66.8 Å². The van der Waals surface area contributed by atoms with Crippen LogP contribution >= 0.6 is 0 Å². The first-order valence-corrected chi connectivity index (χ1v) is 10.9. The minimum absolute atomic E-state index is 0.0974. The van der Waals surface area contributed by atoms with Gasteiger partial charge in [-0.15, -0.1) is 0 Å². The summed E-state index contributed by atoms with van der Waals surface area (Å²) in [5.74, 6) is 1.82. The topological polar surface area (TPSA) is 55.6 Å². The van der Waals surface area contributed by atoms with Gasteiger partial charge in [0, 0.05) is 30.3 Å². The minimum Gasteiger partial charge on any atom is -0.462 e. The van der Waals surface area contributed by atoms with Crippen LogP contribution in [0.15, 0.2) is 30.0 Å². The van der Waals surface area contributed by atoms with Crippen LogP contribution in [0.1, 0.15) is 65.0 Å². The van der Waals surface area contributed by atoms with Crippen molar-refractivity contribution in [1.29, 1.82) is 0 Å². The molecule has 0 bridgehead atoms. The number of benzene rings is 1. The second-order valence-electron chi connectivity index (χ2n) is 8.97. The smallest absolute Gasteiger partial charge is 0.159 e. The van der Waals surface area contributed by atoms with Gasteiger partial charge in [-0.3, -0.25) is 4.79 Å². The molecule has 0 radical (unpaired) electrons. The number of aryl methyl sites for hydroxylation is 1. The van der Waals surface area contributed by atoms with Crippen molar-refractivity contribution in [2.75, 3.05) is 18.0 Å². The summed E-state index contributed by atoms with van der Waals surface area (Å²) in [6.45, 7) is 16.3. The van der Waals surface area contributed by atoms with E-state index in [1.807, 2.05) is 24.8 Å². The van der Waals surface area contributed by atoms with Crippen LogP contribution in [-0.2, 0) is 9.53 Å². The Labute approximate surface area is 181 Å². The molecule has 3 rings (SSSR count). The molecule has 0 aromatic heterocycles. The molecule has 30 heavy (non-hydrogen) atoms. The van der Waals surface area contributed by atoms with Crippen LogP contribution in [0.2, 0.25) is 0 Å². The highest BCUT2D eigenvalue weighted by Gasteiger charge is 2.28. The van der Waals surface area contributed by atoms with Crippen molar-refractivity contribution in [2.24, 2.45) is 17.6 Å². The summed E-state index contributed by atoms with van der Waals surface area (Å²) in [7, 11) is 0. The molecule has 2 fully saturated rings. The van der Waals surface area contributed by atoms with Crippen molar-refractivity contribution in [3.05, 3.63) is 47.0 Å². The Hall–Kier alpha value is -2.14. The van der Waals surface area contributed by atoms with E-state index in [1.165, 1.54) is 25.8 Å². The van der Waals surface area contributed by atoms with Crippen LogP contribution in [0.4, 0.5) is 10.1 Å². The van der Waals surface area contributed by atoms with E-state index in [4.69, 9.17) is 10.5 Å². The molecule has 1 saturated carbocycles. The third-order valence-electron chi connectivity index (χ3n) is 5.86. The zero-order chi connectivity index (χ0) is 22.6. The minimum atomic E-state index is -0.324. The number of hydrogen-bond acceptors (Lipinski definition) is 4. The Morgan fingerprint density at radius 2 is 1.87 bits per heavy atom. The predicted octanol–water partition coefficient (Wildman–Crippen LogP) is 5.59. The predicted molar refractivity (Wildman–Crippen MR) is 123 cm³/mol. The van der Waals surface area contributed by atoms with Crippen molar-refractivity contribution in [3.63, 3.8) is 0 Å². The number of ketones is 1. The number of allylic oxidation sites excluding steroid dienone is 2. The standard InChI is InChI=1S/C21H29FN2O2.C4H8/c1-12(2)26-21(14(4)16(6)25)18-10-19(22)20(9-13(18)3)24-8-7-17(11-24)15(5)23;1-4-2-3-4/h9-10,15,17H,1,7-8,11,23H2,2-6H3;4H,2-3H2,1H3/b21-14+;. The summed E-state index contributed by atoms with van der Waals surface area (Å²) in [5, 5.41) is 0. The van der Waals surface area contributed by atoms with Gasteiger partial charge in [0.05, 0.1) is 11.4 Å². The van der Waals surface area contributed by atoms with E-state index >= 15 is 0 Å². The van der Waals surface area contributed by atoms with Gasteiger partial charge in [-0.25, -0.2) is 4.39 Å². The van der Waals surface area contributed by atoms with Gasteiger partial charge in [-0.1, -0.05) is 26.3 Å². The molecule has 2 N–H and O–H groups in total. The molecule has 0 amide bonds. The maximum absolute atomic E-state index is 14.9. The van der Waals surface area contributed by atoms with Crippen LogP contribution in [0, 0.1) is 24.6 Å². The molecule has 1 aromatic rings. The second-order valence-corrected chi connectivity index (χ2v) is 8.97. The normalized spacial score (nSPS) is 20.1. The van der Waals surface area contributed by atoms with E-state index < -0.39 is 0 Å². The summed E-state index contributed by atoms with van der Waals surface area (Å²) >= 11 is 0. The molecule has 4 nitrogen and oxygen atoms in total. The van der Waals surface area contributed by atoms with Crippen molar-refractivity contribution < 1.29 is 13.9 Å². The van der Waals surface area contributed by atoms with Crippen molar-refractivity contribution in [3.8, 4) is 0 Å². The lowest BCUT2D eigenvalue weighted by Gasteiger charge is -2.23. The lowest BCUT2D eigenvalue weighted by Crippen LogP contribution is -2.30. The molecule has 5 heteroatoms. The fraction of sp³-hybridized carbons (Fsp3) is 0.560. The van der Waals surface area contributed by atoms with Gasteiger partial charge >= 0.3 is 0 Å². The first-order valence-electron chi connectivity index (χ1n) is 10.9. The molecule has 1 aliphatic heterocycles. The SMILES string of the molecule is C=C(C)O/C(=C(\C)C(C)=O)c1cc(F)c(N2CCC(C(C)N)C2)cc1C.CC1CC1. The van der Waals surface area contributed by atoms with Crippen LogP contribution in [0.25, 0.3) is 5.76 Å². The zero-order valence-corrected chi connectivity index (χ0v) is 19.3. The number of ether oxygens (including phenoxy) is 1. The molecule has 1 heterocycles. The number of hydrogen-bond donors (Lipinski definition) is 1. The van der Waals surface area contributed by atoms with E-state index in [-0.39, 0.29) is 17.6 Å². The molecule has 2 unspecified atom stereocenters. The Morgan fingerprint density at radius 1 is 1.27 bits per heavy atom. The quantitative estimate of drug-likeness (QED) is 0.485. The van der Waals surface area contributed by atoms with Crippen LogP contribution in [0.3, 0.4) is 0 Å². The number of carbonyl (C=O) groups is 1. The number of halogens is 1. The lowest BCUT2D eigenvalue weighted by atomic mass is 10.0. The summed E-state index contributed by atoms with van der Waals surface area (Å²) < 4.78 is 20.6. The second kappa shape index (κ2) is 10.3. The molecule has 1 aliphatic carbocycles. The number of carbonyl (C=O) groups excluding carboxylic acids is 1. The van der Waals surface area contributed by atoms with Crippen LogP contribution in [-0.4, -0.2) is 24.9 Å². The number of anilines is 1. The Bertz CT molecular complexity index is 825. The molecule has 166 valence electrons. The fourth-order valence-corrected chi connectivity index (χ4v) is 3.42. The van der Waals surface area contributed by atoms with Gasteiger partial charge < -0.3 is 15.4 Å². The van der Waals surface area contributed by atoms with Gasteiger partial charge in [0.2, 0.25) is 0 Å². The number of nitrogens with zero attached hydrogens (tertiary/aromatic N) is 1. The van der Waals surface area contributed by atoms with Gasteiger partial charge in [0.1, 0.15) is 11.6 Å². The first-order chi connectivity index (χ1) is 14.0. The third-order valence-corrected chi connectivity index (χ3v) is 5.86. The summed E-state index contributed by atoms with van der Waals surface area (Å²) in [4.78, 5) is 13.9. The number of nitrogens with two attached hydrogens (primary N) is 1. The van der Waals surface area contributed by atoms with E-state index in [0.717, 1.165) is 31.0 Å². The van der Waals surface area contributed by atoms with Crippen LogP contribution < -0.4 is 10.6 Å². The molecular weight excluding hydrogens is 379 g/mol. The molecular formula is C25H37FN2O2. The van der Waals surface area contributed by atoms with Gasteiger partial charge in [0.15, 0.2) is 5.78 Å². The lowest BCUT2D eigenvalue weighted by molar-refractivity contribution is -0.113. The molecule has 0 spiro atoms. The maximum atomic E-state index is 14.9. The molecule has 2 aliphatic rings. The highest BCUT2D eigenvalue weighted by atomic mass is 19.1.